The van der Waals surface area contributed by atoms with E-state index < -0.39 is 0 Å². The fraction of sp³-hybridized carbons (Fsp3) is 0.435. The molecule has 0 amide bonds. The van der Waals surface area contributed by atoms with Gasteiger partial charge in [-0.3, -0.25) is 4.98 Å². The lowest BCUT2D eigenvalue weighted by Gasteiger charge is -2.30. The third-order valence-corrected chi connectivity index (χ3v) is 5.51. The van der Waals surface area contributed by atoms with Crippen LogP contribution in [0.4, 0.5) is 11.5 Å². The standard InChI is InChI=1S/C23H29N5O2/c1-4-29-21-14-18-19(15-22(21)30-5-2)24-12-10-20(18)27(3)16-17-8-7-13-28(17)23-9-6-11-25-26-23/h6,9-12,14-15,17H,4-5,7-8,13,16H2,1-3H3. The molecule has 1 unspecified atom stereocenters. The van der Waals surface area contributed by atoms with E-state index in [0.29, 0.717) is 19.3 Å². The van der Waals surface area contributed by atoms with E-state index in [1.165, 1.54) is 6.42 Å². The van der Waals surface area contributed by atoms with Crippen LogP contribution >= 0.6 is 0 Å². The first-order valence-corrected chi connectivity index (χ1v) is 10.6. The predicted molar refractivity (Wildman–Crippen MR) is 120 cm³/mol. The summed E-state index contributed by atoms with van der Waals surface area (Å²) in [6.07, 6.45) is 5.89. The highest BCUT2D eigenvalue weighted by Gasteiger charge is 2.27. The van der Waals surface area contributed by atoms with Gasteiger partial charge in [-0.2, -0.15) is 5.10 Å². The van der Waals surface area contributed by atoms with E-state index in [1.54, 1.807) is 6.20 Å². The molecule has 0 N–H and O–H groups in total. The minimum atomic E-state index is 0.393. The zero-order chi connectivity index (χ0) is 20.9. The second-order valence-electron chi connectivity index (χ2n) is 7.46. The van der Waals surface area contributed by atoms with Crippen molar-refractivity contribution in [2.45, 2.75) is 32.7 Å². The van der Waals surface area contributed by atoms with Crippen LogP contribution in [0.5, 0.6) is 11.5 Å². The minimum absolute atomic E-state index is 0.393. The molecule has 0 saturated carbocycles. The Morgan fingerprint density at radius 2 is 1.90 bits per heavy atom. The second-order valence-corrected chi connectivity index (χ2v) is 7.46. The summed E-state index contributed by atoms with van der Waals surface area (Å²) in [6.45, 7) is 7.05. The maximum absolute atomic E-state index is 5.85. The molecule has 1 aliphatic heterocycles. The van der Waals surface area contributed by atoms with Crippen molar-refractivity contribution in [3.05, 3.63) is 42.7 Å². The fourth-order valence-corrected chi connectivity index (χ4v) is 4.20. The smallest absolute Gasteiger partial charge is 0.163 e. The first-order chi connectivity index (χ1) is 14.7. The van der Waals surface area contributed by atoms with Gasteiger partial charge in [-0.15, -0.1) is 5.10 Å². The molecule has 0 aliphatic carbocycles. The maximum Gasteiger partial charge on any atom is 0.163 e. The highest BCUT2D eigenvalue weighted by Crippen LogP contribution is 2.36. The zero-order valence-electron chi connectivity index (χ0n) is 17.9. The highest BCUT2D eigenvalue weighted by molar-refractivity contribution is 5.93. The zero-order valence-corrected chi connectivity index (χ0v) is 17.9. The lowest BCUT2D eigenvalue weighted by Crippen LogP contribution is -2.39. The number of anilines is 2. The van der Waals surface area contributed by atoms with Crippen LogP contribution in [-0.2, 0) is 0 Å². The van der Waals surface area contributed by atoms with Crippen molar-refractivity contribution in [2.75, 3.05) is 43.2 Å². The largest absolute Gasteiger partial charge is 0.490 e. The van der Waals surface area contributed by atoms with E-state index in [1.807, 2.05) is 38.2 Å². The lowest BCUT2D eigenvalue weighted by molar-refractivity contribution is 0.288. The molecule has 0 spiro atoms. The number of likely N-dealkylation sites (N-methyl/N-ethyl adjacent to an activating group) is 1. The van der Waals surface area contributed by atoms with Gasteiger partial charge in [-0.25, -0.2) is 0 Å². The number of aromatic nitrogens is 3. The van der Waals surface area contributed by atoms with Crippen LogP contribution in [0.1, 0.15) is 26.7 Å². The number of hydrogen-bond donors (Lipinski definition) is 0. The first kappa shape index (κ1) is 20.2. The normalized spacial score (nSPS) is 16.1. The van der Waals surface area contributed by atoms with Gasteiger partial charge in [0.2, 0.25) is 0 Å². The van der Waals surface area contributed by atoms with Crippen LogP contribution in [-0.4, -0.2) is 54.6 Å². The third kappa shape index (κ3) is 4.10. The van der Waals surface area contributed by atoms with Crippen LogP contribution in [0, 0.1) is 0 Å². The molecular weight excluding hydrogens is 378 g/mol. The Morgan fingerprint density at radius 3 is 2.63 bits per heavy atom. The van der Waals surface area contributed by atoms with Crippen molar-refractivity contribution < 1.29 is 9.47 Å². The van der Waals surface area contributed by atoms with Crippen LogP contribution in [0.25, 0.3) is 10.9 Å². The third-order valence-electron chi connectivity index (χ3n) is 5.51. The predicted octanol–water partition coefficient (Wildman–Crippen LogP) is 3.93. The molecule has 1 saturated heterocycles. The molecular formula is C23H29N5O2. The second kappa shape index (κ2) is 9.15. The number of nitrogens with zero attached hydrogens (tertiary/aromatic N) is 5. The van der Waals surface area contributed by atoms with Crippen molar-refractivity contribution >= 4 is 22.4 Å². The molecule has 7 nitrogen and oxygen atoms in total. The summed E-state index contributed by atoms with van der Waals surface area (Å²) in [5.74, 6) is 2.45. The van der Waals surface area contributed by atoms with Gasteiger partial charge in [0.05, 0.1) is 18.7 Å². The van der Waals surface area contributed by atoms with Crippen LogP contribution < -0.4 is 19.3 Å². The Kier molecular flexibility index (Phi) is 6.16. The molecule has 3 heterocycles. The molecule has 158 valence electrons. The molecule has 4 rings (SSSR count). The Hall–Kier alpha value is -3.09. The van der Waals surface area contributed by atoms with Crippen molar-refractivity contribution in [3.8, 4) is 11.5 Å². The van der Waals surface area contributed by atoms with Gasteiger partial charge < -0.3 is 19.3 Å². The molecule has 1 fully saturated rings. The van der Waals surface area contributed by atoms with Gasteiger partial charge in [0.25, 0.3) is 0 Å². The Balaban J connectivity index is 1.62. The highest BCUT2D eigenvalue weighted by atomic mass is 16.5. The number of hydrogen-bond acceptors (Lipinski definition) is 7. The minimum Gasteiger partial charge on any atom is -0.490 e. The molecule has 1 atom stereocenters. The van der Waals surface area contributed by atoms with Crippen LogP contribution in [0.15, 0.2) is 42.7 Å². The van der Waals surface area contributed by atoms with E-state index in [4.69, 9.17) is 9.47 Å². The van der Waals surface area contributed by atoms with Crippen molar-refractivity contribution in [2.24, 2.45) is 0 Å². The molecule has 1 aliphatic rings. The van der Waals surface area contributed by atoms with Gasteiger partial charge >= 0.3 is 0 Å². The molecule has 3 aromatic rings. The van der Waals surface area contributed by atoms with Crippen LogP contribution in [0.2, 0.25) is 0 Å². The van der Waals surface area contributed by atoms with Crippen molar-refractivity contribution in [1.82, 2.24) is 15.2 Å². The SMILES string of the molecule is CCOc1cc2nccc(N(C)CC3CCCN3c3cccnn3)c2cc1OCC. The van der Waals surface area contributed by atoms with E-state index >= 15 is 0 Å². The number of fused-ring (bicyclic) bond motifs is 1. The summed E-state index contributed by atoms with van der Waals surface area (Å²) < 4.78 is 11.6. The Labute approximate surface area is 177 Å². The van der Waals surface area contributed by atoms with E-state index in [2.05, 4.69) is 44.2 Å². The van der Waals surface area contributed by atoms with E-state index in [9.17, 15) is 0 Å². The molecule has 1 aromatic carbocycles. The average Bonchev–Trinajstić information content (AvgIpc) is 3.22. The molecule has 30 heavy (non-hydrogen) atoms. The number of pyridine rings is 1. The molecule has 7 heteroatoms. The molecule has 2 aromatic heterocycles. The summed E-state index contributed by atoms with van der Waals surface area (Å²) in [5.41, 5.74) is 2.04. The topological polar surface area (TPSA) is 63.6 Å². The van der Waals surface area contributed by atoms with E-state index in [-0.39, 0.29) is 0 Å². The van der Waals surface area contributed by atoms with Crippen LogP contribution in [0.3, 0.4) is 0 Å². The van der Waals surface area contributed by atoms with Gasteiger partial charge in [0.1, 0.15) is 0 Å². The Bertz CT molecular complexity index is 982. The molecule has 0 radical (unpaired) electrons. The summed E-state index contributed by atoms with van der Waals surface area (Å²) in [7, 11) is 2.14. The van der Waals surface area contributed by atoms with Gasteiger partial charge in [0.15, 0.2) is 17.3 Å². The summed E-state index contributed by atoms with van der Waals surface area (Å²) in [5, 5.41) is 9.44. The van der Waals surface area contributed by atoms with Gasteiger partial charge in [-0.05, 0) is 51.0 Å². The maximum atomic E-state index is 5.85. The molecule has 0 bridgehead atoms. The summed E-state index contributed by atoms with van der Waals surface area (Å²) >= 11 is 0. The summed E-state index contributed by atoms with van der Waals surface area (Å²) in [4.78, 5) is 9.24. The van der Waals surface area contributed by atoms with E-state index in [0.717, 1.165) is 53.4 Å². The lowest BCUT2D eigenvalue weighted by atomic mass is 10.1. The number of ether oxygens (including phenoxy) is 2. The van der Waals surface area contributed by atoms with Crippen molar-refractivity contribution in [1.29, 1.82) is 0 Å². The summed E-state index contributed by atoms with van der Waals surface area (Å²) in [6, 6.07) is 10.5. The van der Waals surface area contributed by atoms with Gasteiger partial charge in [0, 0.05) is 55.7 Å². The van der Waals surface area contributed by atoms with Crippen molar-refractivity contribution in [3.63, 3.8) is 0 Å². The van der Waals surface area contributed by atoms with Gasteiger partial charge in [-0.1, -0.05) is 0 Å². The first-order valence-electron chi connectivity index (χ1n) is 10.6. The average molecular weight is 408 g/mol. The quantitative estimate of drug-likeness (QED) is 0.561. The fourth-order valence-electron chi connectivity index (χ4n) is 4.20. The Morgan fingerprint density at radius 1 is 1.10 bits per heavy atom. The monoisotopic (exact) mass is 407 g/mol. The number of benzene rings is 1. The number of rotatable bonds is 8.